The second-order valence-corrected chi connectivity index (χ2v) is 14.0. The highest BCUT2D eigenvalue weighted by Gasteiger charge is 2.18. The fourth-order valence-electron chi connectivity index (χ4n) is 8.36. The van der Waals surface area contributed by atoms with Gasteiger partial charge in [-0.25, -0.2) is 0 Å². The quantitative estimate of drug-likeness (QED) is 0.153. The summed E-state index contributed by atoms with van der Waals surface area (Å²) in [5, 5.41) is 7.51. The van der Waals surface area contributed by atoms with Gasteiger partial charge in [0.15, 0.2) is 0 Å². The molecule has 0 N–H and O–H groups in total. The normalized spacial score (nSPS) is 11.3. The molecule has 0 fully saturated rings. The Kier molecular flexibility index (Phi) is 7.93. The predicted molar refractivity (Wildman–Crippen MR) is 232 cm³/mol. The van der Waals surface area contributed by atoms with Gasteiger partial charge in [-0.05, 0) is 117 Å². The first-order valence-corrected chi connectivity index (χ1v) is 18.7. The van der Waals surface area contributed by atoms with Crippen molar-refractivity contribution in [3.05, 3.63) is 218 Å². The van der Waals surface area contributed by atoms with E-state index in [2.05, 4.69) is 218 Å². The minimum absolute atomic E-state index is 1.20. The molecule has 0 aromatic heterocycles. The van der Waals surface area contributed by atoms with Crippen molar-refractivity contribution >= 4 is 32.3 Å². The molecule has 0 aliphatic carbocycles. The molecule has 10 rings (SSSR count). The van der Waals surface area contributed by atoms with Gasteiger partial charge < -0.3 is 0 Å². The van der Waals surface area contributed by atoms with E-state index in [0.717, 1.165) is 0 Å². The Morgan fingerprint density at radius 3 is 1.11 bits per heavy atom. The summed E-state index contributed by atoms with van der Waals surface area (Å²) in [6.45, 7) is 0. The van der Waals surface area contributed by atoms with Crippen LogP contribution in [0.1, 0.15) is 0 Å². The molecule has 0 heterocycles. The number of hydrogen-bond acceptors (Lipinski definition) is 0. The van der Waals surface area contributed by atoms with Crippen molar-refractivity contribution in [2.24, 2.45) is 0 Å². The van der Waals surface area contributed by atoms with Crippen LogP contribution in [0.25, 0.3) is 99.1 Å². The molecule has 0 saturated heterocycles. The van der Waals surface area contributed by atoms with Crippen LogP contribution in [0.2, 0.25) is 0 Å². The maximum absolute atomic E-state index is 2.39. The van der Waals surface area contributed by atoms with Crippen LogP contribution in [0.5, 0.6) is 0 Å². The smallest absolute Gasteiger partial charge is 0.00262 e. The van der Waals surface area contributed by atoms with Crippen molar-refractivity contribution in [1.82, 2.24) is 0 Å². The Hall–Kier alpha value is -7.02. The second kappa shape index (κ2) is 13.5. The molecule has 0 unspecified atom stereocenters. The predicted octanol–water partition coefficient (Wildman–Crippen LogP) is 15.1. The van der Waals surface area contributed by atoms with Crippen molar-refractivity contribution < 1.29 is 0 Å². The number of hydrogen-bond donors (Lipinski definition) is 0. The molecule has 54 heavy (non-hydrogen) atoms. The van der Waals surface area contributed by atoms with E-state index in [1.165, 1.54) is 99.1 Å². The van der Waals surface area contributed by atoms with Crippen LogP contribution in [0, 0.1) is 0 Å². The summed E-state index contributed by atoms with van der Waals surface area (Å²) in [5.41, 5.74) is 14.8. The Balaban J connectivity index is 1.13. The third-order valence-electron chi connectivity index (χ3n) is 10.9. The van der Waals surface area contributed by atoms with Crippen LogP contribution in [0.3, 0.4) is 0 Å². The van der Waals surface area contributed by atoms with Gasteiger partial charge in [0, 0.05) is 0 Å². The van der Waals surface area contributed by atoms with Gasteiger partial charge in [-0.3, -0.25) is 0 Å². The van der Waals surface area contributed by atoms with E-state index in [1.54, 1.807) is 0 Å². The zero-order chi connectivity index (χ0) is 35.8. The lowest BCUT2D eigenvalue weighted by molar-refractivity contribution is 1.56. The topological polar surface area (TPSA) is 0 Å². The van der Waals surface area contributed by atoms with Gasteiger partial charge in [0.1, 0.15) is 0 Å². The van der Waals surface area contributed by atoms with Gasteiger partial charge in [0.05, 0.1) is 0 Å². The van der Waals surface area contributed by atoms with Gasteiger partial charge >= 0.3 is 0 Å². The Labute approximate surface area is 316 Å². The van der Waals surface area contributed by atoms with Crippen LogP contribution in [0.15, 0.2) is 218 Å². The largest absolute Gasteiger partial charge is 0.0622 e. The number of fused-ring (bicyclic) bond motifs is 3. The average molecular weight is 685 g/mol. The minimum Gasteiger partial charge on any atom is -0.0622 e. The van der Waals surface area contributed by atoms with E-state index in [9.17, 15) is 0 Å². The molecule has 252 valence electrons. The summed E-state index contributed by atoms with van der Waals surface area (Å²) >= 11 is 0. The average Bonchev–Trinajstić information content (AvgIpc) is 3.26. The second-order valence-electron chi connectivity index (χ2n) is 14.0. The first-order valence-electron chi connectivity index (χ1n) is 18.7. The molecule has 0 spiro atoms. The van der Waals surface area contributed by atoms with Gasteiger partial charge in [-0.2, -0.15) is 0 Å². The summed E-state index contributed by atoms with van der Waals surface area (Å²) in [4.78, 5) is 0. The summed E-state index contributed by atoms with van der Waals surface area (Å²) in [5.74, 6) is 0. The fourth-order valence-corrected chi connectivity index (χ4v) is 8.36. The first-order chi connectivity index (χ1) is 26.8. The van der Waals surface area contributed by atoms with Crippen LogP contribution >= 0.6 is 0 Å². The van der Waals surface area contributed by atoms with Crippen molar-refractivity contribution in [1.29, 1.82) is 0 Å². The maximum atomic E-state index is 2.39. The molecule has 0 heteroatoms. The standard InChI is InChI=1S/C54H36/c1-3-16-37(17-4-1)39-30-31-41-35-44(33-32-40(41)34-39)54-51-28-13-11-26-49(51)53(50-27-12-14-29-52(50)54)43-21-15-20-42(36-43)46-23-8-10-25-48(46)47-24-9-7-22-45(47)38-18-5-2-6-19-38/h1-36H. The Morgan fingerprint density at radius 1 is 0.185 bits per heavy atom. The van der Waals surface area contributed by atoms with Gasteiger partial charge in [0.25, 0.3) is 0 Å². The molecule has 0 bridgehead atoms. The highest BCUT2D eigenvalue weighted by Crippen LogP contribution is 2.46. The molecule has 0 saturated carbocycles. The van der Waals surface area contributed by atoms with Crippen LogP contribution in [0.4, 0.5) is 0 Å². The summed E-state index contributed by atoms with van der Waals surface area (Å²) in [6.07, 6.45) is 0. The van der Waals surface area contributed by atoms with Crippen LogP contribution in [-0.2, 0) is 0 Å². The Morgan fingerprint density at radius 2 is 0.556 bits per heavy atom. The number of benzene rings is 10. The third kappa shape index (κ3) is 5.57. The lowest BCUT2D eigenvalue weighted by Crippen LogP contribution is -1.92. The van der Waals surface area contributed by atoms with E-state index >= 15 is 0 Å². The van der Waals surface area contributed by atoms with Crippen molar-refractivity contribution in [2.75, 3.05) is 0 Å². The minimum atomic E-state index is 1.20. The van der Waals surface area contributed by atoms with E-state index in [0.29, 0.717) is 0 Å². The van der Waals surface area contributed by atoms with Gasteiger partial charge in [0.2, 0.25) is 0 Å². The van der Waals surface area contributed by atoms with Gasteiger partial charge in [-0.1, -0.05) is 200 Å². The highest BCUT2D eigenvalue weighted by atomic mass is 14.2. The molecule has 0 aliphatic heterocycles. The van der Waals surface area contributed by atoms with Crippen molar-refractivity contribution in [2.45, 2.75) is 0 Å². The molecule has 10 aromatic rings. The summed E-state index contributed by atoms with van der Waals surface area (Å²) in [7, 11) is 0. The van der Waals surface area contributed by atoms with Crippen molar-refractivity contribution in [3.8, 4) is 66.8 Å². The van der Waals surface area contributed by atoms with E-state index in [-0.39, 0.29) is 0 Å². The number of rotatable bonds is 6. The first kappa shape index (κ1) is 31.7. The molecular formula is C54H36. The van der Waals surface area contributed by atoms with Crippen LogP contribution in [-0.4, -0.2) is 0 Å². The maximum Gasteiger partial charge on any atom is -0.00262 e. The zero-order valence-electron chi connectivity index (χ0n) is 29.8. The Bertz CT molecular complexity index is 2910. The molecule has 0 radical (unpaired) electrons. The van der Waals surface area contributed by atoms with Crippen LogP contribution < -0.4 is 0 Å². The monoisotopic (exact) mass is 684 g/mol. The third-order valence-corrected chi connectivity index (χ3v) is 10.9. The molecular weight excluding hydrogens is 649 g/mol. The van der Waals surface area contributed by atoms with E-state index in [4.69, 9.17) is 0 Å². The molecule has 0 aliphatic rings. The zero-order valence-corrected chi connectivity index (χ0v) is 29.8. The van der Waals surface area contributed by atoms with Gasteiger partial charge in [-0.15, -0.1) is 0 Å². The van der Waals surface area contributed by atoms with E-state index < -0.39 is 0 Å². The molecule has 0 amide bonds. The summed E-state index contributed by atoms with van der Waals surface area (Å²) < 4.78 is 0. The molecule has 0 nitrogen and oxygen atoms in total. The van der Waals surface area contributed by atoms with Crippen molar-refractivity contribution in [3.63, 3.8) is 0 Å². The molecule has 10 aromatic carbocycles. The summed E-state index contributed by atoms with van der Waals surface area (Å²) in [6, 6.07) is 79.7. The SMILES string of the molecule is c1ccc(-c2ccc3cc(-c4c5ccccc5c(-c5cccc(-c6ccccc6-c6ccccc6-c6ccccc6)c5)c5ccccc45)ccc3c2)cc1. The van der Waals surface area contributed by atoms with E-state index in [1.807, 2.05) is 0 Å². The molecule has 0 atom stereocenters. The fraction of sp³-hybridized carbons (Fsp3) is 0. The lowest BCUT2D eigenvalue weighted by Gasteiger charge is -2.19. The lowest BCUT2D eigenvalue weighted by atomic mass is 9.84. The highest BCUT2D eigenvalue weighted by molar-refractivity contribution is 6.22.